The van der Waals surface area contributed by atoms with Crippen molar-refractivity contribution in [2.24, 2.45) is 0 Å². The van der Waals surface area contributed by atoms with Crippen LogP contribution in [0.4, 0.5) is 0 Å². The summed E-state index contributed by atoms with van der Waals surface area (Å²) in [6.45, 7) is 6.86. The van der Waals surface area contributed by atoms with Gasteiger partial charge in [0.15, 0.2) is 0 Å². The van der Waals surface area contributed by atoms with Crippen LogP contribution in [0.1, 0.15) is 6.42 Å². The summed E-state index contributed by atoms with van der Waals surface area (Å²) in [5.74, 6) is 0.257. The molecular formula is C8H19NOSi. The molecule has 0 rings (SSSR count). The SMILES string of the molecule is CN(C)C(=O)CC[Si](C)(C)C. The van der Waals surface area contributed by atoms with E-state index in [1.165, 1.54) is 0 Å². The third-order valence-electron chi connectivity index (χ3n) is 1.59. The second-order valence-corrected chi connectivity index (χ2v) is 9.97. The molecule has 0 spiro atoms. The highest BCUT2D eigenvalue weighted by molar-refractivity contribution is 6.76. The summed E-state index contributed by atoms with van der Waals surface area (Å²) in [7, 11) is 2.61. The minimum atomic E-state index is -1.01. The Bertz CT molecular complexity index is 138. The molecule has 0 aromatic carbocycles. The smallest absolute Gasteiger partial charge is 0.221 e. The number of carbonyl (C=O) groups is 1. The Balaban J connectivity index is 3.64. The molecule has 0 atom stereocenters. The fraction of sp³-hybridized carbons (Fsp3) is 0.875. The highest BCUT2D eigenvalue weighted by Crippen LogP contribution is 2.11. The lowest BCUT2D eigenvalue weighted by Crippen LogP contribution is -2.26. The van der Waals surface area contributed by atoms with Crippen molar-refractivity contribution < 1.29 is 4.79 Å². The molecule has 0 heterocycles. The molecule has 0 bridgehead atoms. The van der Waals surface area contributed by atoms with Crippen molar-refractivity contribution in [1.82, 2.24) is 4.90 Å². The van der Waals surface area contributed by atoms with Gasteiger partial charge >= 0.3 is 0 Å². The molecule has 0 fully saturated rings. The predicted octanol–water partition coefficient (Wildman–Crippen LogP) is 1.80. The lowest BCUT2D eigenvalue weighted by atomic mass is 10.4. The van der Waals surface area contributed by atoms with Gasteiger partial charge in [-0.15, -0.1) is 0 Å². The maximum absolute atomic E-state index is 11.1. The average Bonchev–Trinajstić information content (AvgIpc) is 1.80. The highest BCUT2D eigenvalue weighted by Gasteiger charge is 2.15. The van der Waals surface area contributed by atoms with Gasteiger partial charge in [-0.25, -0.2) is 0 Å². The topological polar surface area (TPSA) is 20.3 Å². The second-order valence-electron chi connectivity index (χ2n) is 4.35. The minimum Gasteiger partial charge on any atom is -0.349 e. The van der Waals surface area contributed by atoms with E-state index in [9.17, 15) is 4.79 Å². The zero-order chi connectivity index (χ0) is 9.07. The van der Waals surface area contributed by atoms with Crippen LogP contribution in [0, 0.1) is 0 Å². The van der Waals surface area contributed by atoms with Crippen LogP contribution < -0.4 is 0 Å². The quantitative estimate of drug-likeness (QED) is 0.596. The van der Waals surface area contributed by atoms with Gasteiger partial charge < -0.3 is 4.90 Å². The molecular weight excluding hydrogens is 154 g/mol. The van der Waals surface area contributed by atoms with Gasteiger partial charge in [-0.05, 0) is 6.04 Å². The van der Waals surface area contributed by atoms with Crippen LogP contribution in [0.5, 0.6) is 0 Å². The van der Waals surface area contributed by atoms with Crippen molar-refractivity contribution in [3.8, 4) is 0 Å². The Morgan fingerprint density at radius 2 is 1.73 bits per heavy atom. The van der Waals surface area contributed by atoms with E-state index < -0.39 is 8.07 Å². The van der Waals surface area contributed by atoms with E-state index in [-0.39, 0.29) is 5.91 Å². The summed E-state index contributed by atoms with van der Waals surface area (Å²) in [6.07, 6.45) is 0.725. The molecule has 0 aromatic heterocycles. The highest BCUT2D eigenvalue weighted by atomic mass is 28.3. The van der Waals surface area contributed by atoms with Crippen molar-refractivity contribution >= 4 is 14.0 Å². The fourth-order valence-corrected chi connectivity index (χ4v) is 1.67. The van der Waals surface area contributed by atoms with E-state index in [1.54, 1.807) is 4.90 Å². The van der Waals surface area contributed by atoms with E-state index in [2.05, 4.69) is 19.6 Å². The zero-order valence-corrected chi connectivity index (χ0v) is 9.27. The Kier molecular flexibility index (Phi) is 3.79. The molecule has 0 aliphatic carbocycles. The van der Waals surface area contributed by atoms with Gasteiger partial charge in [0, 0.05) is 28.6 Å². The van der Waals surface area contributed by atoms with Gasteiger partial charge in [-0.2, -0.15) is 0 Å². The van der Waals surface area contributed by atoms with E-state index in [1.807, 2.05) is 14.1 Å². The molecule has 0 aromatic rings. The first kappa shape index (κ1) is 10.7. The van der Waals surface area contributed by atoms with Gasteiger partial charge in [0.05, 0.1) is 0 Å². The lowest BCUT2D eigenvalue weighted by Gasteiger charge is -2.16. The summed E-state index contributed by atoms with van der Waals surface area (Å²) in [5, 5.41) is 0. The van der Waals surface area contributed by atoms with E-state index in [4.69, 9.17) is 0 Å². The van der Waals surface area contributed by atoms with Gasteiger partial charge in [-0.1, -0.05) is 19.6 Å². The number of hydrogen-bond donors (Lipinski definition) is 0. The number of amides is 1. The molecule has 0 unspecified atom stereocenters. The first-order valence-corrected chi connectivity index (χ1v) is 7.74. The van der Waals surface area contributed by atoms with Gasteiger partial charge in [-0.3, -0.25) is 4.79 Å². The molecule has 0 saturated carbocycles. The standard InChI is InChI=1S/C8H19NOSi/c1-9(2)8(10)6-7-11(3,4)5/h6-7H2,1-5H3. The molecule has 0 aliphatic rings. The number of rotatable bonds is 3. The molecule has 11 heavy (non-hydrogen) atoms. The van der Waals surface area contributed by atoms with Crippen LogP contribution in [0.15, 0.2) is 0 Å². The minimum absolute atomic E-state index is 0.257. The van der Waals surface area contributed by atoms with Crippen molar-refractivity contribution in [3.63, 3.8) is 0 Å². The first-order valence-electron chi connectivity index (χ1n) is 4.03. The Morgan fingerprint density at radius 1 is 1.27 bits per heavy atom. The maximum atomic E-state index is 11.1. The zero-order valence-electron chi connectivity index (χ0n) is 8.27. The molecule has 0 aliphatic heterocycles. The molecule has 0 saturated heterocycles. The van der Waals surface area contributed by atoms with Crippen LogP contribution in [-0.4, -0.2) is 33.0 Å². The predicted molar refractivity (Wildman–Crippen MR) is 51.5 cm³/mol. The Hall–Kier alpha value is -0.313. The van der Waals surface area contributed by atoms with Crippen LogP contribution in [0.2, 0.25) is 25.7 Å². The fourth-order valence-electron chi connectivity index (χ4n) is 0.706. The summed E-state index contributed by atoms with van der Waals surface area (Å²) in [4.78, 5) is 12.8. The van der Waals surface area contributed by atoms with Crippen LogP contribution >= 0.6 is 0 Å². The van der Waals surface area contributed by atoms with E-state index in [0.717, 1.165) is 12.5 Å². The van der Waals surface area contributed by atoms with Crippen molar-refractivity contribution in [1.29, 1.82) is 0 Å². The Morgan fingerprint density at radius 3 is 2.00 bits per heavy atom. The second kappa shape index (κ2) is 3.90. The monoisotopic (exact) mass is 173 g/mol. The normalized spacial score (nSPS) is 11.4. The van der Waals surface area contributed by atoms with Crippen LogP contribution in [0.25, 0.3) is 0 Å². The van der Waals surface area contributed by atoms with E-state index >= 15 is 0 Å². The average molecular weight is 173 g/mol. The molecule has 0 radical (unpaired) electrons. The van der Waals surface area contributed by atoms with E-state index in [0.29, 0.717) is 0 Å². The van der Waals surface area contributed by atoms with Crippen molar-refractivity contribution in [2.75, 3.05) is 14.1 Å². The number of carbonyl (C=O) groups excluding carboxylic acids is 1. The molecule has 3 heteroatoms. The number of nitrogens with zero attached hydrogens (tertiary/aromatic N) is 1. The van der Waals surface area contributed by atoms with Gasteiger partial charge in [0.1, 0.15) is 0 Å². The van der Waals surface area contributed by atoms with Gasteiger partial charge in [0.2, 0.25) is 5.91 Å². The summed E-state index contributed by atoms with van der Waals surface area (Å²) in [5.41, 5.74) is 0. The van der Waals surface area contributed by atoms with Crippen LogP contribution in [-0.2, 0) is 4.79 Å². The lowest BCUT2D eigenvalue weighted by molar-refractivity contribution is -0.128. The summed E-state index contributed by atoms with van der Waals surface area (Å²) >= 11 is 0. The third-order valence-corrected chi connectivity index (χ3v) is 3.34. The summed E-state index contributed by atoms with van der Waals surface area (Å²) in [6, 6.07) is 1.10. The Labute approximate surface area is 70.6 Å². The van der Waals surface area contributed by atoms with Crippen molar-refractivity contribution in [2.45, 2.75) is 32.1 Å². The summed E-state index contributed by atoms with van der Waals surface area (Å²) < 4.78 is 0. The maximum Gasteiger partial charge on any atom is 0.221 e. The van der Waals surface area contributed by atoms with Crippen LogP contribution in [0.3, 0.4) is 0 Å². The largest absolute Gasteiger partial charge is 0.349 e. The molecule has 0 N–H and O–H groups in total. The van der Waals surface area contributed by atoms with Crippen molar-refractivity contribution in [3.05, 3.63) is 0 Å². The first-order chi connectivity index (χ1) is 4.83. The third kappa shape index (κ3) is 6.10. The number of hydrogen-bond acceptors (Lipinski definition) is 1. The molecule has 2 nitrogen and oxygen atoms in total. The molecule has 1 amide bonds. The van der Waals surface area contributed by atoms with Gasteiger partial charge in [0.25, 0.3) is 0 Å². The molecule has 66 valence electrons.